The van der Waals surface area contributed by atoms with Crippen LogP contribution in [0.4, 0.5) is 0 Å². The molecule has 9 nitrogen and oxygen atoms in total. The zero-order valence-corrected chi connectivity index (χ0v) is 17.8. The van der Waals surface area contributed by atoms with Crippen molar-refractivity contribution in [2.45, 2.75) is 25.7 Å². The van der Waals surface area contributed by atoms with Gasteiger partial charge < -0.3 is 30.6 Å². The van der Waals surface area contributed by atoms with Crippen LogP contribution < -0.4 is 0 Å². The molecule has 0 aliphatic rings. The zero-order valence-electron chi connectivity index (χ0n) is 17.8. The van der Waals surface area contributed by atoms with Crippen LogP contribution in [0.1, 0.15) is 70.4 Å². The largest absolute Gasteiger partial charge is 0.507 e. The molecule has 0 aliphatic carbocycles. The molecule has 0 radical (unpaired) electrons. The standard InChI is InChI=1S/C25H22O9/c26-7-16-1-13(2-17(8-27)23(16)32)22(14-3-18(9-28)24(33)19(4-14)10-29)15-5-20(11-30)25(34)21(6-15)12-31/h1-9,22,29-34H,10-12H2. The van der Waals surface area contributed by atoms with Crippen LogP contribution in [0.2, 0.25) is 0 Å². The number of hydrogen-bond donors (Lipinski definition) is 6. The summed E-state index contributed by atoms with van der Waals surface area (Å²) in [5.41, 5.74) is 0.792. The number of benzene rings is 3. The van der Waals surface area contributed by atoms with Crippen LogP contribution in [0.5, 0.6) is 17.2 Å². The number of carbonyl (C=O) groups excluding carboxylic acids is 3. The maximum atomic E-state index is 11.6. The van der Waals surface area contributed by atoms with E-state index in [1.807, 2.05) is 0 Å². The van der Waals surface area contributed by atoms with Gasteiger partial charge in [0, 0.05) is 22.6 Å². The summed E-state index contributed by atoms with van der Waals surface area (Å²) >= 11 is 0. The van der Waals surface area contributed by atoms with Crippen molar-refractivity contribution in [1.82, 2.24) is 0 Å². The highest BCUT2D eigenvalue weighted by Crippen LogP contribution is 2.40. The average molecular weight is 466 g/mol. The molecule has 176 valence electrons. The van der Waals surface area contributed by atoms with Crippen LogP contribution in [-0.4, -0.2) is 49.5 Å². The Morgan fingerprint density at radius 1 is 0.529 bits per heavy atom. The van der Waals surface area contributed by atoms with E-state index in [9.17, 15) is 45.0 Å². The van der Waals surface area contributed by atoms with Gasteiger partial charge in [-0.1, -0.05) is 0 Å². The molecule has 0 bridgehead atoms. The first-order valence-electron chi connectivity index (χ1n) is 10.1. The molecule has 34 heavy (non-hydrogen) atoms. The summed E-state index contributed by atoms with van der Waals surface area (Å²) in [6.07, 6.45) is 1.13. The summed E-state index contributed by atoms with van der Waals surface area (Å²) in [5.74, 6) is -2.11. The van der Waals surface area contributed by atoms with E-state index >= 15 is 0 Å². The SMILES string of the molecule is O=Cc1cc(C(c2cc(C=O)c(O)c(CO)c2)c2cc(CO)c(O)c(CO)c2)cc(C=O)c1O. The van der Waals surface area contributed by atoms with Gasteiger partial charge in [-0.3, -0.25) is 14.4 Å². The Morgan fingerprint density at radius 3 is 1.24 bits per heavy atom. The number of rotatable bonds is 9. The first kappa shape index (κ1) is 24.6. The smallest absolute Gasteiger partial charge is 0.153 e. The fourth-order valence-electron chi connectivity index (χ4n) is 3.94. The topological polar surface area (TPSA) is 173 Å². The predicted molar refractivity (Wildman–Crippen MR) is 119 cm³/mol. The zero-order chi connectivity index (χ0) is 25.0. The summed E-state index contributed by atoms with van der Waals surface area (Å²) in [6.45, 7) is -1.72. The van der Waals surface area contributed by atoms with Crippen molar-refractivity contribution in [2.24, 2.45) is 0 Å². The monoisotopic (exact) mass is 466 g/mol. The second kappa shape index (κ2) is 10.3. The van der Waals surface area contributed by atoms with Crippen molar-refractivity contribution in [1.29, 1.82) is 0 Å². The Morgan fingerprint density at radius 2 is 0.853 bits per heavy atom. The summed E-state index contributed by atoms with van der Waals surface area (Å²) in [6, 6.07) is 8.32. The molecule has 0 heterocycles. The minimum Gasteiger partial charge on any atom is -0.507 e. The highest BCUT2D eigenvalue weighted by molar-refractivity contribution is 5.89. The van der Waals surface area contributed by atoms with E-state index in [0.717, 1.165) is 0 Å². The maximum absolute atomic E-state index is 11.6. The van der Waals surface area contributed by atoms with E-state index in [1.165, 1.54) is 36.4 Å². The van der Waals surface area contributed by atoms with Crippen molar-refractivity contribution >= 4 is 18.9 Å². The van der Waals surface area contributed by atoms with Crippen molar-refractivity contribution in [3.8, 4) is 17.2 Å². The Bertz CT molecular complexity index is 1210. The second-order valence-corrected chi connectivity index (χ2v) is 7.61. The van der Waals surface area contributed by atoms with Crippen LogP contribution in [0.25, 0.3) is 0 Å². The van der Waals surface area contributed by atoms with E-state index < -0.39 is 37.2 Å². The Hall–Kier alpha value is -4.05. The van der Waals surface area contributed by atoms with Gasteiger partial charge in [-0.25, -0.2) is 0 Å². The number of phenolic OH excluding ortho intramolecular Hbond substituents is 1. The number of phenols is 3. The van der Waals surface area contributed by atoms with Crippen molar-refractivity contribution in [2.75, 3.05) is 0 Å². The molecule has 0 aromatic heterocycles. The first-order chi connectivity index (χ1) is 16.3. The van der Waals surface area contributed by atoms with Gasteiger partial charge in [0.15, 0.2) is 18.9 Å². The van der Waals surface area contributed by atoms with Gasteiger partial charge in [-0.2, -0.15) is 0 Å². The van der Waals surface area contributed by atoms with Gasteiger partial charge in [0.05, 0.1) is 36.5 Å². The molecule has 0 fully saturated rings. The number of aldehydes is 3. The second-order valence-electron chi connectivity index (χ2n) is 7.61. The lowest BCUT2D eigenvalue weighted by molar-refractivity contribution is 0.110. The lowest BCUT2D eigenvalue weighted by Gasteiger charge is -2.23. The van der Waals surface area contributed by atoms with Crippen LogP contribution >= 0.6 is 0 Å². The van der Waals surface area contributed by atoms with E-state index in [-0.39, 0.29) is 39.1 Å². The van der Waals surface area contributed by atoms with Crippen molar-refractivity contribution < 1.29 is 45.0 Å². The third kappa shape index (κ3) is 4.40. The summed E-state index contributed by atoms with van der Waals surface area (Å²) in [4.78, 5) is 34.7. The molecule has 3 aromatic carbocycles. The molecule has 0 spiro atoms. The normalized spacial score (nSPS) is 11.7. The van der Waals surface area contributed by atoms with Gasteiger partial charge in [0.1, 0.15) is 17.2 Å². The van der Waals surface area contributed by atoms with Crippen LogP contribution in [0.3, 0.4) is 0 Å². The quantitative estimate of drug-likeness (QED) is 0.203. The van der Waals surface area contributed by atoms with Crippen LogP contribution in [0.15, 0.2) is 36.4 Å². The molecule has 0 aliphatic heterocycles. The summed E-state index contributed by atoms with van der Waals surface area (Å²) < 4.78 is 0. The molecule has 0 saturated carbocycles. The Labute approximate surface area is 193 Å². The molecular weight excluding hydrogens is 444 g/mol. The third-order valence-corrected chi connectivity index (χ3v) is 5.61. The first-order valence-corrected chi connectivity index (χ1v) is 10.1. The number of hydrogen-bond acceptors (Lipinski definition) is 9. The fraction of sp³-hybridized carbons (Fsp3) is 0.160. The molecule has 0 saturated heterocycles. The Balaban J connectivity index is 2.43. The highest BCUT2D eigenvalue weighted by Gasteiger charge is 2.24. The van der Waals surface area contributed by atoms with Gasteiger partial charge in [-0.05, 0) is 53.1 Å². The summed E-state index contributed by atoms with van der Waals surface area (Å²) in [7, 11) is 0. The van der Waals surface area contributed by atoms with Gasteiger partial charge in [0.2, 0.25) is 0 Å². The molecule has 9 heteroatoms. The number of aromatic hydroxyl groups is 3. The van der Waals surface area contributed by atoms with Gasteiger partial charge in [0.25, 0.3) is 0 Å². The molecule has 3 aromatic rings. The molecule has 0 amide bonds. The number of aliphatic hydroxyl groups excluding tert-OH is 3. The Kier molecular flexibility index (Phi) is 7.42. The van der Waals surface area contributed by atoms with Crippen LogP contribution in [0, 0.1) is 0 Å². The number of aliphatic hydroxyl groups is 3. The fourth-order valence-corrected chi connectivity index (χ4v) is 3.94. The van der Waals surface area contributed by atoms with Gasteiger partial charge in [-0.15, -0.1) is 0 Å². The third-order valence-electron chi connectivity index (χ3n) is 5.61. The lowest BCUT2D eigenvalue weighted by Crippen LogP contribution is -2.09. The van der Waals surface area contributed by atoms with E-state index in [4.69, 9.17) is 0 Å². The highest BCUT2D eigenvalue weighted by atomic mass is 16.3. The van der Waals surface area contributed by atoms with Crippen LogP contribution in [-0.2, 0) is 19.8 Å². The average Bonchev–Trinajstić information content (AvgIpc) is 2.86. The minimum absolute atomic E-state index is 0.0399. The van der Waals surface area contributed by atoms with E-state index in [0.29, 0.717) is 35.5 Å². The van der Waals surface area contributed by atoms with Crippen molar-refractivity contribution in [3.05, 3.63) is 86.5 Å². The molecule has 3 rings (SSSR count). The van der Waals surface area contributed by atoms with Gasteiger partial charge >= 0.3 is 0 Å². The van der Waals surface area contributed by atoms with Crippen molar-refractivity contribution in [3.63, 3.8) is 0 Å². The lowest BCUT2D eigenvalue weighted by atomic mass is 9.81. The molecule has 6 N–H and O–H groups in total. The molecule has 1 atom stereocenters. The minimum atomic E-state index is -0.876. The molecule has 1 unspecified atom stereocenters. The predicted octanol–water partition coefficient (Wildman–Crippen LogP) is 1.90. The number of carbonyl (C=O) groups is 3. The summed E-state index contributed by atoms with van der Waals surface area (Å²) in [5, 5.41) is 59.8. The maximum Gasteiger partial charge on any atom is 0.153 e. The molecular formula is C25H22O9. The van der Waals surface area contributed by atoms with E-state index in [2.05, 4.69) is 0 Å². The van der Waals surface area contributed by atoms with E-state index in [1.54, 1.807) is 0 Å².